The van der Waals surface area contributed by atoms with Gasteiger partial charge in [0.05, 0.1) is 8.81 Å². The fraction of sp³-hybridized carbons (Fsp3) is 0.0909. The Bertz CT molecular complexity index is 711. The highest BCUT2D eigenvalue weighted by Gasteiger charge is 2.19. The Morgan fingerprint density at radius 1 is 1.37 bits per heavy atom. The Balaban J connectivity index is 2.33. The second-order valence-electron chi connectivity index (χ2n) is 3.76. The van der Waals surface area contributed by atoms with Crippen molar-refractivity contribution in [1.82, 2.24) is 0 Å². The van der Waals surface area contributed by atoms with Crippen molar-refractivity contribution in [3.63, 3.8) is 0 Å². The van der Waals surface area contributed by atoms with Crippen molar-refractivity contribution in [2.75, 3.05) is 4.72 Å². The van der Waals surface area contributed by atoms with Crippen LogP contribution >= 0.6 is 38.9 Å². The number of aryl methyl sites for hydroxylation is 1. The minimum Gasteiger partial charge on any atom is -0.279 e. The van der Waals surface area contributed by atoms with E-state index < -0.39 is 10.0 Å². The third-order valence-corrected chi connectivity index (χ3v) is 6.63. The largest absolute Gasteiger partial charge is 0.279 e. The molecule has 0 aliphatic carbocycles. The Kier molecular flexibility index (Phi) is 4.20. The Labute approximate surface area is 127 Å². The summed E-state index contributed by atoms with van der Waals surface area (Å²) in [5.74, 6) is -0.384. The summed E-state index contributed by atoms with van der Waals surface area (Å²) in [4.78, 5) is 0. The van der Waals surface area contributed by atoms with E-state index in [-0.39, 0.29) is 10.0 Å². The SMILES string of the molecule is Cc1cc(NS(=O)(=O)c2cc(Cl)c(Br)s2)ccc1F. The molecule has 0 spiro atoms. The van der Waals surface area contributed by atoms with Gasteiger partial charge in [-0.25, -0.2) is 12.8 Å². The molecule has 1 heterocycles. The van der Waals surface area contributed by atoms with Gasteiger partial charge in [-0.2, -0.15) is 0 Å². The predicted molar refractivity (Wildman–Crippen MR) is 79.0 cm³/mol. The minimum atomic E-state index is -3.71. The van der Waals surface area contributed by atoms with Gasteiger partial charge in [-0.3, -0.25) is 4.72 Å². The number of halogens is 3. The van der Waals surface area contributed by atoms with Crippen molar-refractivity contribution in [3.8, 4) is 0 Å². The van der Waals surface area contributed by atoms with Gasteiger partial charge in [-0.15, -0.1) is 11.3 Å². The van der Waals surface area contributed by atoms with Crippen molar-refractivity contribution in [2.45, 2.75) is 11.1 Å². The molecule has 3 nitrogen and oxygen atoms in total. The lowest BCUT2D eigenvalue weighted by Gasteiger charge is -2.07. The number of rotatable bonds is 3. The van der Waals surface area contributed by atoms with Crippen LogP contribution < -0.4 is 4.72 Å². The van der Waals surface area contributed by atoms with Gasteiger partial charge in [0, 0.05) is 5.69 Å². The van der Waals surface area contributed by atoms with E-state index in [0.29, 0.717) is 20.1 Å². The number of benzene rings is 1. The van der Waals surface area contributed by atoms with Gasteiger partial charge in [0.1, 0.15) is 10.0 Å². The minimum absolute atomic E-state index is 0.0892. The molecule has 0 fully saturated rings. The van der Waals surface area contributed by atoms with E-state index in [1.54, 1.807) is 6.92 Å². The molecule has 1 aromatic heterocycles. The van der Waals surface area contributed by atoms with Crippen LogP contribution in [0.4, 0.5) is 10.1 Å². The van der Waals surface area contributed by atoms with Crippen molar-refractivity contribution >= 4 is 54.6 Å². The van der Waals surface area contributed by atoms with Crippen molar-refractivity contribution < 1.29 is 12.8 Å². The molecule has 0 unspecified atom stereocenters. The molecule has 102 valence electrons. The second kappa shape index (κ2) is 5.40. The van der Waals surface area contributed by atoms with Gasteiger partial charge in [0.25, 0.3) is 10.0 Å². The molecule has 19 heavy (non-hydrogen) atoms. The summed E-state index contributed by atoms with van der Waals surface area (Å²) in [6.07, 6.45) is 0. The highest BCUT2D eigenvalue weighted by molar-refractivity contribution is 9.11. The summed E-state index contributed by atoms with van der Waals surface area (Å²) in [6.45, 7) is 1.56. The zero-order valence-corrected chi connectivity index (χ0v) is 13.6. The van der Waals surface area contributed by atoms with Crippen LogP contribution in [0.2, 0.25) is 5.02 Å². The quantitative estimate of drug-likeness (QED) is 0.852. The standard InChI is InChI=1S/C11H8BrClFNO2S2/c1-6-4-7(2-3-9(6)14)15-19(16,17)10-5-8(13)11(12)18-10/h2-5,15H,1H3. The third-order valence-electron chi connectivity index (χ3n) is 2.30. The molecule has 0 aliphatic heterocycles. The molecule has 8 heteroatoms. The van der Waals surface area contributed by atoms with Crippen LogP contribution in [0.5, 0.6) is 0 Å². The summed E-state index contributed by atoms with van der Waals surface area (Å²) in [5.41, 5.74) is 0.671. The molecular formula is C11H8BrClFNO2S2. The monoisotopic (exact) mass is 383 g/mol. The van der Waals surface area contributed by atoms with Gasteiger partial charge in [0.2, 0.25) is 0 Å². The smallest absolute Gasteiger partial charge is 0.271 e. The third kappa shape index (κ3) is 3.28. The number of anilines is 1. The average molecular weight is 385 g/mol. The molecule has 2 aromatic rings. The van der Waals surface area contributed by atoms with Gasteiger partial charge >= 0.3 is 0 Å². The summed E-state index contributed by atoms with van der Waals surface area (Å²) in [6, 6.07) is 5.36. The van der Waals surface area contributed by atoms with Crippen LogP contribution in [0, 0.1) is 12.7 Å². The number of hydrogen-bond acceptors (Lipinski definition) is 3. The van der Waals surface area contributed by atoms with E-state index >= 15 is 0 Å². The highest BCUT2D eigenvalue weighted by Crippen LogP contribution is 2.35. The first-order chi connectivity index (χ1) is 8.79. The summed E-state index contributed by atoms with van der Waals surface area (Å²) in [7, 11) is -3.71. The summed E-state index contributed by atoms with van der Waals surface area (Å²) in [5, 5.41) is 0.334. The Morgan fingerprint density at radius 3 is 2.58 bits per heavy atom. The fourth-order valence-corrected chi connectivity index (χ4v) is 4.82. The van der Waals surface area contributed by atoms with Crippen LogP contribution in [0.1, 0.15) is 5.56 Å². The van der Waals surface area contributed by atoms with E-state index in [4.69, 9.17) is 11.6 Å². The highest BCUT2D eigenvalue weighted by atomic mass is 79.9. The van der Waals surface area contributed by atoms with Crippen molar-refractivity contribution in [1.29, 1.82) is 0 Å². The predicted octanol–water partition coefficient (Wildman–Crippen LogP) is 4.41. The molecule has 0 bridgehead atoms. The first-order valence-electron chi connectivity index (χ1n) is 5.03. The topological polar surface area (TPSA) is 46.2 Å². The van der Waals surface area contributed by atoms with Crippen LogP contribution in [0.25, 0.3) is 0 Å². The summed E-state index contributed by atoms with van der Waals surface area (Å²) < 4.78 is 40.3. The zero-order chi connectivity index (χ0) is 14.2. The molecule has 1 aromatic carbocycles. The van der Waals surface area contributed by atoms with Gasteiger partial charge in [-0.05, 0) is 52.7 Å². The molecular weight excluding hydrogens is 377 g/mol. The van der Waals surface area contributed by atoms with Crippen LogP contribution in [-0.2, 0) is 10.0 Å². The number of thiophene rings is 1. The van der Waals surface area contributed by atoms with Gasteiger partial charge in [-0.1, -0.05) is 11.6 Å². The molecule has 0 aliphatic rings. The lowest BCUT2D eigenvalue weighted by Crippen LogP contribution is -2.11. The first-order valence-corrected chi connectivity index (χ1v) is 8.50. The molecule has 0 saturated carbocycles. The molecule has 0 atom stereocenters. The lowest BCUT2D eigenvalue weighted by atomic mass is 10.2. The zero-order valence-electron chi connectivity index (χ0n) is 9.58. The van der Waals surface area contributed by atoms with Gasteiger partial charge < -0.3 is 0 Å². The van der Waals surface area contributed by atoms with Gasteiger partial charge in [0.15, 0.2) is 0 Å². The Hall–Kier alpha value is -0.630. The molecule has 0 saturated heterocycles. The number of hydrogen-bond donors (Lipinski definition) is 1. The van der Waals surface area contributed by atoms with Crippen molar-refractivity contribution in [2.24, 2.45) is 0 Å². The number of nitrogens with one attached hydrogen (secondary N) is 1. The van der Waals surface area contributed by atoms with E-state index in [2.05, 4.69) is 20.7 Å². The molecule has 2 rings (SSSR count). The maximum absolute atomic E-state index is 13.1. The fourth-order valence-electron chi connectivity index (χ4n) is 1.37. The average Bonchev–Trinajstić information content (AvgIpc) is 2.65. The van der Waals surface area contributed by atoms with E-state index in [9.17, 15) is 12.8 Å². The Morgan fingerprint density at radius 2 is 2.05 bits per heavy atom. The molecule has 0 amide bonds. The van der Waals surface area contributed by atoms with E-state index in [1.165, 1.54) is 24.3 Å². The van der Waals surface area contributed by atoms with Crippen LogP contribution in [0.15, 0.2) is 32.3 Å². The first kappa shape index (κ1) is 14.8. The molecule has 1 N–H and O–H groups in total. The lowest BCUT2D eigenvalue weighted by molar-refractivity contribution is 0.602. The van der Waals surface area contributed by atoms with Crippen LogP contribution in [0.3, 0.4) is 0 Å². The number of sulfonamides is 1. The maximum Gasteiger partial charge on any atom is 0.271 e. The normalized spacial score (nSPS) is 11.6. The second-order valence-corrected chi connectivity index (χ2v) is 8.44. The van der Waals surface area contributed by atoms with E-state index in [0.717, 1.165) is 11.3 Å². The molecule has 0 radical (unpaired) electrons. The van der Waals surface area contributed by atoms with E-state index in [1.807, 2.05) is 0 Å². The van der Waals surface area contributed by atoms with Crippen molar-refractivity contribution in [3.05, 3.63) is 44.5 Å². The summed E-state index contributed by atoms with van der Waals surface area (Å²) >= 11 is 9.97. The maximum atomic E-state index is 13.1. The van der Waals surface area contributed by atoms with Crippen LogP contribution in [-0.4, -0.2) is 8.42 Å².